The minimum Gasteiger partial charge on any atom is -0.324 e. The van der Waals surface area contributed by atoms with Crippen LogP contribution in [-0.2, 0) is 13.0 Å². The van der Waals surface area contributed by atoms with Crippen molar-refractivity contribution in [2.75, 3.05) is 17.2 Å². The number of para-hydroxylation sites is 1. The summed E-state index contributed by atoms with van der Waals surface area (Å²) in [5.74, 6) is 0.367. The topological polar surface area (TPSA) is 78.9 Å². The fourth-order valence-electron chi connectivity index (χ4n) is 4.54. The number of nitrogens with one attached hydrogen (secondary N) is 3. The lowest BCUT2D eigenvalue weighted by Gasteiger charge is -2.18. The van der Waals surface area contributed by atoms with Crippen molar-refractivity contribution in [3.05, 3.63) is 114 Å². The van der Waals surface area contributed by atoms with Crippen LogP contribution >= 0.6 is 0 Å². The second kappa shape index (κ2) is 9.60. The maximum absolute atomic E-state index is 12.8. The predicted octanol–water partition coefficient (Wildman–Crippen LogP) is 5.94. The molecular weight excluding hydrogens is 446 g/mol. The van der Waals surface area contributed by atoms with Crippen LogP contribution in [0.3, 0.4) is 0 Å². The molecule has 0 saturated carbocycles. The van der Waals surface area contributed by atoms with Crippen LogP contribution in [0.2, 0.25) is 0 Å². The van der Waals surface area contributed by atoms with Crippen molar-refractivity contribution in [2.45, 2.75) is 13.0 Å². The standard InChI is InChI=1S/C30H25N5O/c36-29(32-25-15-10-20-16-17-31-19-23(20)18-25)22-11-13-24(14-12-22)33-30-34-27-9-5-4-8-26(27)28(35-30)21-6-2-1-3-7-21/h1-15,18,31H,16-17,19H2,(H,32,36)(H,33,34,35). The van der Waals surface area contributed by atoms with E-state index < -0.39 is 0 Å². The maximum Gasteiger partial charge on any atom is 0.255 e. The summed E-state index contributed by atoms with van der Waals surface area (Å²) in [5, 5.41) is 10.7. The molecule has 0 bridgehead atoms. The van der Waals surface area contributed by atoms with Crippen LogP contribution in [0.4, 0.5) is 17.3 Å². The van der Waals surface area contributed by atoms with Gasteiger partial charge in [0, 0.05) is 34.4 Å². The van der Waals surface area contributed by atoms with Gasteiger partial charge in [0.1, 0.15) is 0 Å². The second-order valence-electron chi connectivity index (χ2n) is 8.85. The molecule has 1 aliphatic heterocycles. The summed E-state index contributed by atoms with van der Waals surface area (Å²) >= 11 is 0. The smallest absolute Gasteiger partial charge is 0.255 e. The van der Waals surface area contributed by atoms with E-state index >= 15 is 0 Å². The Kier molecular flexibility index (Phi) is 5.85. The van der Waals surface area contributed by atoms with Crippen molar-refractivity contribution in [1.29, 1.82) is 0 Å². The zero-order chi connectivity index (χ0) is 24.3. The molecule has 0 aliphatic carbocycles. The lowest BCUT2D eigenvalue weighted by atomic mass is 10.0. The molecule has 0 saturated heterocycles. The van der Waals surface area contributed by atoms with E-state index in [9.17, 15) is 4.79 Å². The number of nitrogens with zero attached hydrogens (tertiary/aromatic N) is 2. The third-order valence-corrected chi connectivity index (χ3v) is 6.40. The summed E-state index contributed by atoms with van der Waals surface area (Å²) < 4.78 is 0. The fraction of sp³-hybridized carbons (Fsp3) is 0.100. The van der Waals surface area contributed by atoms with E-state index in [1.807, 2.05) is 72.8 Å². The Morgan fingerprint density at radius 3 is 2.42 bits per heavy atom. The first-order valence-corrected chi connectivity index (χ1v) is 12.1. The van der Waals surface area contributed by atoms with Crippen molar-refractivity contribution in [1.82, 2.24) is 15.3 Å². The van der Waals surface area contributed by atoms with Gasteiger partial charge >= 0.3 is 0 Å². The van der Waals surface area contributed by atoms with E-state index in [2.05, 4.69) is 28.1 Å². The number of fused-ring (bicyclic) bond motifs is 2. The number of hydrogen-bond donors (Lipinski definition) is 3. The Labute approximate surface area is 209 Å². The molecule has 0 spiro atoms. The van der Waals surface area contributed by atoms with Crippen molar-refractivity contribution in [3.8, 4) is 11.3 Å². The lowest BCUT2D eigenvalue weighted by molar-refractivity contribution is 0.102. The van der Waals surface area contributed by atoms with Gasteiger partial charge < -0.3 is 16.0 Å². The molecular formula is C30H25N5O. The van der Waals surface area contributed by atoms with E-state index in [-0.39, 0.29) is 5.91 Å². The zero-order valence-electron chi connectivity index (χ0n) is 19.7. The number of carbonyl (C=O) groups is 1. The Balaban J connectivity index is 1.21. The van der Waals surface area contributed by atoms with E-state index in [4.69, 9.17) is 9.97 Å². The molecule has 0 radical (unpaired) electrons. The highest BCUT2D eigenvalue weighted by atomic mass is 16.1. The monoisotopic (exact) mass is 471 g/mol. The van der Waals surface area contributed by atoms with E-state index in [1.165, 1.54) is 11.1 Å². The quantitative estimate of drug-likeness (QED) is 0.296. The van der Waals surface area contributed by atoms with Gasteiger partial charge in [0.15, 0.2) is 0 Å². The van der Waals surface area contributed by atoms with Crippen LogP contribution in [0.15, 0.2) is 97.1 Å². The molecule has 2 heterocycles. The normalized spacial score (nSPS) is 12.7. The summed E-state index contributed by atoms with van der Waals surface area (Å²) in [7, 11) is 0. The number of amides is 1. The molecule has 3 N–H and O–H groups in total. The molecule has 5 aromatic rings. The summed E-state index contributed by atoms with van der Waals surface area (Å²) in [6, 6.07) is 31.6. The maximum atomic E-state index is 12.8. The first kappa shape index (κ1) is 21.9. The molecule has 0 fully saturated rings. The lowest BCUT2D eigenvalue weighted by Crippen LogP contribution is -2.23. The third kappa shape index (κ3) is 4.54. The molecule has 0 atom stereocenters. The molecule has 0 unspecified atom stereocenters. The molecule has 1 amide bonds. The van der Waals surface area contributed by atoms with Gasteiger partial charge in [-0.15, -0.1) is 0 Å². The molecule has 6 heteroatoms. The molecule has 6 nitrogen and oxygen atoms in total. The molecule has 6 rings (SSSR count). The molecule has 1 aromatic heterocycles. The van der Waals surface area contributed by atoms with Gasteiger partial charge in [0.05, 0.1) is 11.2 Å². The van der Waals surface area contributed by atoms with E-state index in [0.717, 1.165) is 53.0 Å². The minimum atomic E-state index is -0.140. The van der Waals surface area contributed by atoms with Gasteiger partial charge in [-0.3, -0.25) is 4.79 Å². The summed E-state index contributed by atoms with van der Waals surface area (Å²) in [6.45, 7) is 1.83. The zero-order valence-corrected chi connectivity index (χ0v) is 19.7. The number of carbonyl (C=O) groups excluding carboxylic acids is 1. The molecule has 4 aromatic carbocycles. The van der Waals surface area contributed by atoms with Crippen LogP contribution in [0.1, 0.15) is 21.5 Å². The Bertz CT molecular complexity index is 1550. The SMILES string of the molecule is O=C(Nc1ccc2c(c1)CNCC2)c1ccc(Nc2nc(-c3ccccc3)c3ccccc3n2)cc1. The first-order chi connectivity index (χ1) is 17.7. The molecule has 36 heavy (non-hydrogen) atoms. The minimum absolute atomic E-state index is 0.140. The first-order valence-electron chi connectivity index (χ1n) is 12.1. The molecule has 176 valence electrons. The predicted molar refractivity (Wildman–Crippen MR) is 145 cm³/mol. The average molecular weight is 472 g/mol. The van der Waals surface area contributed by atoms with E-state index in [1.54, 1.807) is 12.1 Å². The largest absolute Gasteiger partial charge is 0.324 e. The van der Waals surface area contributed by atoms with E-state index in [0.29, 0.717) is 11.5 Å². The van der Waals surface area contributed by atoms with Crippen LogP contribution < -0.4 is 16.0 Å². The van der Waals surface area contributed by atoms with Gasteiger partial charge in [0.25, 0.3) is 5.91 Å². The van der Waals surface area contributed by atoms with Crippen molar-refractivity contribution in [3.63, 3.8) is 0 Å². The van der Waals surface area contributed by atoms with Gasteiger partial charge in [0.2, 0.25) is 5.95 Å². The Morgan fingerprint density at radius 1 is 0.778 bits per heavy atom. The van der Waals surface area contributed by atoms with Gasteiger partial charge in [-0.25, -0.2) is 9.97 Å². The number of aromatic nitrogens is 2. The van der Waals surface area contributed by atoms with Crippen LogP contribution in [0.25, 0.3) is 22.2 Å². The number of anilines is 3. The van der Waals surface area contributed by atoms with Crippen molar-refractivity contribution < 1.29 is 4.79 Å². The van der Waals surface area contributed by atoms with Crippen molar-refractivity contribution in [2.24, 2.45) is 0 Å². The summed E-state index contributed by atoms with van der Waals surface area (Å²) in [5.41, 5.74) is 7.55. The van der Waals surface area contributed by atoms with Crippen molar-refractivity contribution >= 4 is 34.1 Å². The average Bonchev–Trinajstić information content (AvgIpc) is 2.93. The fourth-order valence-corrected chi connectivity index (χ4v) is 4.54. The van der Waals surface area contributed by atoms with Crippen LogP contribution in [0, 0.1) is 0 Å². The second-order valence-corrected chi connectivity index (χ2v) is 8.85. The Hall–Kier alpha value is -4.55. The summed E-state index contributed by atoms with van der Waals surface area (Å²) in [4.78, 5) is 22.3. The van der Waals surface area contributed by atoms with Crippen LogP contribution in [-0.4, -0.2) is 22.4 Å². The number of benzene rings is 4. The van der Waals surface area contributed by atoms with Gasteiger partial charge in [-0.05, 0) is 66.6 Å². The van der Waals surface area contributed by atoms with Gasteiger partial charge in [-0.1, -0.05) is 54.6 Å². The highest BCUT2D eigenvalue weighted by molar-refractivity contribution is 6.04. The Morgan fingerprint density at radius 2 is 1.56 bits per heavy atom. The third-order valence-electron chi connectivity index (χ3n) is 6.40. The number of rotatable bonds is 5. The molecule has 1 aliphatic rings. The number of hydrogen-bond acceptors (Lipinski definition) is 5. The van der Waals surface area contributed by atoms with Crippen LogP contribution in [0.5, 0.6) is 0 Å². The highest BCUT2D eigenvalue weighted by Crippen LogP contribution is 2.28. The summed E-state index contributed by atoms with van der Waals surface area (Å²) in [6.07, 6.45) is 1.02. The highest BCUT2D eigenvalue weighted by Gasteiger charge is 2.13. The van der Waals surface area contributed by atoms with Gasteiger partial charge in [-0.2, -0.15) is 0 Å².